The minimum Gasteiger partial charge on any atom is -0.460 e. The summed E-state index contributed by atoms with van der Waals surface area (Å²) in [6.45, 7) is 0.275. The Balaban J connectivity index is 1.62. The number of hydrogen-bond donors (Lipinski definition) is 1. The van der Waals surface area contributed by atoms with Gasteiger partial charge in [-0.3, -0.25) is 4.79 Å². The summed E-state index contributed by atoms with van der Waals surface area (Å²) in [6.07, 6.45) is 3.85. The molecule has 0 amide bonds. The monoisotopic (exact) mass is 340 g/mol. The molecule has 0 spiro atoms. The Kier molecular flexibility index (Phi) is 3.90. The van der Waals surface area contributed by atoms with Gasteiger partial charge in [0.1, 0.15) is 12.1 Å². The Morgan fingerprint density at radius 1 is 1.38 bits per heavy atom. The summed E-state index contributed by atoms with van der Waals surface area (Å²) in [5, 5.41) is 0. The molecule has 0 fully saturated rings. The first-order valence-corrected chi connectivity index (χ1v) is 8.33. The largest absolute Gasteiger partial charge is 0.460 e. The first-order chi connectivity index (χ1) is 11.7. The summed E-state index contributed by atoms with van der Waals surface area (Å²) in [7, 11) is 0. The van der Waals surface area contributed by atoms with Crippen molar-refractivity contribution in [2.75, 3.05) is 0 Å². The molecule has 1 N–H and O–H groups in total. The fourth-order valence-electron chi connectivity index (χ4n) is 3.20. The number of fused-ring (bicyclic) bond motifs is 2. The highest BCUT2D eigenvalue weighted by Crippen LogP contribution is 2.34. The topological polar surface area (TPSA) is 68.1 Å². The average molecular weight is 340 g/mol. The SMILES string of the molecule is O=C(OCc1ccccc1)C1CCCc2c1[nH]c1ocnc1c2=S. The molecule has 1 aromatic carbocycles. The van der Waals surface area contributed by atoms with Crippen LogP contribution >= 0.6 is 12.2 Å². The molecular weight excluding hydrogens is 324 g/mol. The number of aromatic amines is 1. The van der Waals surface area contributed by atoms with Crippen LogP contribution in [0.15, 0.2) is 41.1 Å². The molecule has 1 aliphatic carbocycles. The third-order valence-electron chi connectivity index (χ3n) is 4.41. The van der Waals surface area contributed by atoms with Gasteiger partial charge in [-0.2, -0.15) is 0 Å². The van der Waals surface area contributed by atoms with Crippen molar-refractivity contribution in [2.45, 2.75) is 31.8 Å². The van der Waals surface area contributed by atoms with Crippen molar-refractivity contribution in [1.82, 2.24) is 9.97 Å². The minimum atomic E-state index is -0.339. The molecule has 0 radical (unpaired) electrons. The van der Waals surface area contributed by atoms with Crippen LogP contribution in [-0.2, 0) is 22.6 Å². The molecule has 24 heavy (non-hydrogen) atoms. The quantitative estimate of drug-likeness (QED) is 0.575. The van der Waals surface area contributed by atoms with Crippen molar-refractivity contribution in [1.29, 1.82) is 0 Å². The molecule has 122 valence electrons. The van der Waals surface area contributed by atoms with E-state index in [-0.39, 0.29) is 18.5 Å². The van der Waals surface area contributed by atoms with E-state index in [2.05, 4.69) is 9.97 Å². The van der Waals surface area contributed by atoms with Crippen molar-refractivity contribution in [2.24, 2.45) is 0 Å². The number of nitrogens with zero attached hydrogens (tertiary/aromatic N) is 1. The van der Waals surface area contributed by atoms with Crippen molar-refractivity contribution < 1.29 is 13.9 Å². The van der Waals surface area contributed by atoms with Crippen molar-refractivity contribution in [3.8, 4) is 0 Å². The molecule has 4 rings (SSSR count). The zero-order valence-corrected chi connectivity index (χ0v) is 13.8. The van der Waals surface area contributed by atoms with Crippen molar-refractivity contribution in [3.05, 3.63) is 58.1 Å². The molecule has 0 saturated carbocycles. The fourth-order valence-corrected chi connectivity index (χ4v) is 3.55. The summed E-state index contributed by atoms with van der Waals surface area (Å²) < 4.78 is 11.5. The van der Waals surface area contributed by atoms with Crippen LogP contribution in [0.5, 0.6) is 0 Å². The molecule has 1 unspecified atom stereocenters. The van der Waals surface area contributed by atoms with E-state index in [1.807, 2.05) is 30.3 Å². The number of oxazole rings is 1. The summed E-state index contributed by atoms with van der Waals surface area (Å²) >= 11 is 5.52. The molecule has 6 heteroatoms. The molecule has 1 aliphatic rings. The van der Waals surface area contributed by atoms with E-state index in [9.17, 15) is 4.79 Å². The highest BCUT2D eigenvalue weighted by atomic mass is 32.1. The van der Waals surface area contributed by atoms with Crippen LogP contribution < -0.4 is 0 Å². The Bertz CT molecular complexity index is 946. The van der Waals surface area contributed by atoms with Crippen LogP contribution in [-0.4, -0.2) is 15.9 Å². The van der Waals surface area contributed by atoms with E-state index in [4.69, 9.17) is 21.4 Å². The van der Waals surface area contributed by atoms with Gasteiger partial charge in [-0.25, -0.2) is 4.98 Å². The van der Waals surface area contributed by atoms with Gasteiger partial charge in [0, 0.05) is 5.69 Å². The highest BCUT2D eigenvalue weighted by molar-refractivity contribution is 7.71. The number of aromatic nitrogens is 2. The molecule has 0 saturated heterocycles. The van der Waals surface area contributed by atoms with Crippen LogP contribution in [0.4, 0.5) is 0 Å². The number of rotatable bonds is 3. The third kappa shape index (κ3) is 2.63. The average Bonchev–Trinajstić information content (AvgIpc) is 3.09. The number of pyridine rings is 1. The second kappa shape index (κ2) is 6.20. The van der Waals surface area contributed by atoms with Crippen molar-refractivity contribution >= 4 is 29.4 Å². The molecule has 0 bridgehead atoms. The maximum atomic E-state index is 12.6. The van der Waals surface area contributed by atoms with Gasteiger partial charge in [0.2, 0.25) is 5.71 Å². The second-order valence-electron chi connectivity index (χ2n) is 5.91. The number of carbonyl (C=O) groups is 1. The van der Waals surface area contributed by atoms with E-state index in [1.165, 1.54) is 6.39 Å². The van der Waals surface area contributed by atoms with Gasteiger partial charge in [0.15, 0.2) is 6.39 Å². The Hall–Kier alpha value is -2.47. The number of hydrogen-bond acceptors (Lipinski definition) is 5. The van der Waals surface area contributed by atoms with Gasteiger partial charge in [-0.05, 0) is 30.4 Å². The van der Waals surface area contributed by atoms with Gasteiger partial charge >= 0.3 is 5.97 Å². The first-order valence-electron chi connectivity index (χ1n) is 7.93. The number of ether oxygens (including phenoxy) is 1. The van der Waals surface area contributed by atoms with Gasteiger partial charge in [0.25, 0.3) is 0 Å². The van der Waals surface area contributed by atoms with E-state index in [0.29, 0.717) is 15.7 Å². The Morgan fingerprint density at radius 2 is 2.21 bits per heavy atom. The molecule has 0 aliphatic heterocycles. The Labute approximate surface area is 143 Å². The number of benzene rings is 1. The van der Waals surface area contributed by atoms with E-state index in [1.54, 1.807) is 0 Å². The van der Waals surface area contributed by atoms with E-state index in [0.717, 1.165) is 36.1 Å². The molecule has 2 heterocycles. The lowest BCUT2D eigenvalue weighted by atomic mass is 9.86. The van der Waals surface area contributed by atoms with E-state index < -0.39 is 0 Å². The predicted octanol–water partition coefficient (Wildman–Crippen LogP) is 4.05. The normalized spacial score (nSPS) is 16.8. The Morgan fingerprint density at radius 3 is 3.04 bits per heavy atom. The van der Waals surface area contributed by atoms with Crippen molar-refractivity contribution in [3.63, 3.8) is 0 Å². The first kappa shape index (κ1) is 15.1. The lowest BCUT2D eigenvalue weighted by molar-refractivity contribution is -0.147. The zero-order chi connectivity index (χ0) is 16.5. The van der Waals surface area contributed by atoms with Crippen LogP contribution in [0.1, 0.15) is 35.6 Å². The summed E-state index contributed by atoms with van der Waals surface area (Å²) in [4.78, 5) is 20.0. The summed E-state index contributed by atoms with van der Waals surface area (Å²) in [6, 6.07) is 9.67. The highest BCUT2D eigenvalue weighted by Gasteiger charge is 2.30. The zero-order valence-electron chi connectivity index (χ0n) is 13.0. The second-order valence-corrected chi connectivity index (χ2v) is 6.32. The number of nitrogens with one attached hydrogen (secondary N) is 1. The van der Waals surface area contributed by atoms with Crippen LogP contribution in [0.2, 0.25) is 0 Å². The van der Waals surface area contributed by atoms with Crippen LogP contribution in [0.25, 0.3) is 11.2 Å². The number of esters is 1. The van der Waals surface area contributed by atoms with Gasteiger partial charge in [-0.1, -0.05) is 42.5 Å². The fraction of sp³-hybridized carbons (Fsp3) is 0.278. The smallest absolute Gasteiger partial charge is 0.315 e. The molecular formula is C18H16N2O3S. The summed E-state index contributed by atoms with van der Waals surface area (Å²) in [5.41, 5.74) is 3.94. The lowest BCUT2D eigenvalue weighted by Crippen LogP contribution is -2.22. The number of carbonyl (C=O) groups excluding carboxylic acids is 1. The number of H-pyrrole nitrogens is 1. The maximum Gasteiger partial charge on any atom is 0.315 e. The predicted molar refractivity (Wildman–Crippen MR) is 91.1 cm³/mol. The molecule has 2 aromatic heterocycles. The van der Waals surface area contributed by atoms with Gasteiger partial charge < -0.3 is 14.1 Å². The maximum absolute atomic E-state index is 12.6. The van der Waals surface area contributed by atoms with E-state index >= 15 is 0 Å². The third-order valence-corrected chi connectivity index (χ3v) is 4.85. The molecule has 3 aromatic rings. The molecule has 5 nitrogen and oxygen atoms in total. The van der Waals surface area contributed by atoms with Crippen LogP contribution in [0.3, 0.4) is 0 Å². The molecule has 1 atom stereocenters. The summed E-state index contributed by atoms with van der Waals surface area (Å²) in [5.74, 6) is -0.571. The standard InChI is InChI=1S/C18H16N2O3S/c21-18(22-9-11-5-2-1-3-6-11)13-8-4-7-12-14(13)20-17-15(16(12)24)19-10-23-17/h1-3,5-6,10,13H,4,7-9H2,(H,20,24). The lowest BCUT2D eigenvalue weighted by Gasteiger charge is -2.23. The van der Waals surface area contributed by atoms with Gasteiger partial charge in [-0.15, -0.1) is 0 Å². The van der Waals surface area contributed by atoms with Gasteiger partial charge in [0.05, 0.1) is 10.4 Å². The van der Waals surface area contributed by atoms with Crippen LogP contribution in [0, 0.1) is 4.51 Å². The minimum absolute atomic E-state index is 0.232.